The van der Waals surface area contributed by atoms with Gasteiger partial charge in [-0.15, -0.1) is 0 Å². The van der Waals surface area contributed by atoms with E-state index in [0.29, 0.717) is 24.5 Å². The number of aromatic nitrogens is 1. The minimum absolute atomic E-state index is 0.102. The molecule has 2 rings (SSSR count). The van der Waals surface area contributed by atoms with Crippen molar-refractivity contribution in [3.05, 3.63) is 58.7 Å². The number of hydrogen-bond acceptors (Lipinski definition) is 5. The van der Waals surface area contributed by atoms with Crippen LogP contribution in [0.1, 0.15) is 28.9 Å². The van der Waals surface area contributed by atoms with Crippen molar-refractivity contribution in [2.24, 2.45) is 0 Å². The van der Waals surface area contributed by atoms with Crippen LogP contribution in [0.25, 0.3) is 0 Å². The molecule has 1 aromatic heterocycles. The van der Waals surface area contributed by atoms with E-state index in [1.807, 2.05) is 38.4 Å². The van der Waals surface area contributed by atoms with Gasteiger partial charge in [-0.25, -0.2) is 9.78 Å². The number of rotatable bonds is 7. The van der Waals surface area contributed by atoms with E-state index >= 15 is 0 Å². The Balaban J connectivity index is 2.05. The highest BCUT2D eigenvalue weighted by atomic mass is 35.5. The molecule has 0 radical (unpaired) electrons. The van der Waals surface area contributed by atoms with Gasteiger partial charge >= 0.3 is 5.97 Å². The van der Waals surface area contributed by atoms with E-state index < -0.39 is 0 Å². The second-order valence-corrected chi connectivity index (χ2v) is 5.94. The zero-order chi connectivity index (χ0) is 17.5. The van der Waals surface area contributed by atoms with E-state index in [1.165, 1.54) is 6.20 Å². The van der Waals surface area contributed by atoms with Gasteiger partial charge in [0, 0.05) is 17.8 Å². The summed E-state index contributed by atoms with van der Waals surface area (Å²) in [6, 6.07) is 11.4. The molecule has 0 unspecified atom stereocenters. The van der Waals surface area contributed by atoms with Gasteiger partial charge in [-0.1, -0.05) is 29.8 Å². The molecule has 128 valence electrons. The molecular weight excluding hydrogens is 326 g/mol. The van der Waals surface area contributed by atoms with Gasteiger partial charge in [0.05, 0.1) is 18.2 Å². The first-order valence-electron chi connectivity index (χ1n) is 7.80. The molecular formula is C18H22ClN3O2. The van der Waals surface area contributed by atoms with Crippen molar-refractivity contribution in [1.29, 1.82) is 0 Å². The van der Waals surface area contributed by atoms with Crippen LogP contribution in [0.15, 0.2) is 42.6 Å². The molecule has 1 N–H and O–H groups in total. The number of carbonyl (C=O) groups is 1. The Bertz CT molecular complexity index is 674. The van der Waals surface area contributed by atoms with Crippen LogP contribution in [0.4, 0.5) is 5.82 Å². The standard InChI is InChI=1S/C18H22ClN3O2/c1-4-24-18(23)13-9-10-17(20-11-13)21-12-16(22(2)3)14-7-5-6-8-15(14)19/h5-11,16H,4,12H2,1-3H3,(H,20,21)/t16-/m0/s1. The van der Waals surface area contributed by atoms with Crippen LogP contribution in [0.2, 0.25) is 5.02 Å². The zero-order valence-corrected chi connectivity index (χ0v) is 14.9. The third-order valence-corrected chi connectivity index (χ3v) is 3.98. The maximum Gasteiger partial charge on any atom is 0.339 e. The lowest BCUT2D eigenvalue weighted by molar-refractivity contribution is 0.0526. The number of halogens is 1. The van der Waals surface area contributed by atoms with E-state index in [2.05, 4.69) is 15.2 Å². The summed E-state index contributed by atoms with van der Waals surface area (Å²) in [4.78, 5) is 18.0. The number of anilines is 1. The summed E-state index contributed by atoms with van der Waals surface area (Å²) in [6.07, 6.45) is 1.51. The number of ether oxygens (including phenoxy) is 1. The number of benzene rings is 1. The predicted molar refractivity (Wildman–Crippen MR) is 96.6 cm³/mol. The van der Waals surface area contributed by atoms with E-state index in [1.54, 1.807) is 19.1 Å². The first kappa shape index (κ1) is 18.2. The molecule has 0 aliphatic carbocycles. The quantitative estimate of drug-likeness (QED) is 0.775. The van der Waals surface area contributed by atoms with Gasteiger partial charge in [0.25, 0.3) is 0 Å². The second-order valence-electron chi connectivity index (χ2n) is 5.53. The number of hydrogen-bond donors (Lipinski definition) is 1. The van der Waals surface area contributed by atoms with Gasteiger partial charge in [0.1, 0.15) is 5.82 Å². The van der Waals surface area contributed by atoms with Crippen LogP contribution in [-0.2, 0) is 4.74 Å². The van der Waals surface area contributed by atoms with Gasteiger partial charge in [-0.3, -0.25) is 0 Å². The summed E-state index contributed by atoms with van der Waals surface area (Å²) in [7, 11) is 4.01. The number of nitrogens with one attached hydrogen (secondary N) is 1. The maximum absolute atomic E-state index is 11.6. The summed E-state index contributed by atoms with van der Waals surface area (Å²) in [5.41, 5.74) is 1.50. The van der Waals surface area contributed by atoms with Crippen molar-refractivity contribution in [3.8, 4) is 0 Å². The molecule has 0 fully saturated rings. The smallest absolute Gasteiger partial charge is 0.339 e. The number of likely N-dealkylation sites (N-methyl/N-ethyl adjacent to an activating group) is 1. The number of esters is 1. The zero-order valence-electron chi connectivity index (χ0n) is 14.1. The molecule has 0 saturated heterocycles. The van der Waals surface area contributed by atoms with E-state index in [4.69, 9.17) is 16.3 Å². The Kier molecular flexibility index (Phi) is 6.58. The van der Waals surface area contributed by atoms with E-state index in [9.17, 15) is 4.79 Å². The average molecular weight is 348 g/mol. The van der Waals surface area contributed by atoms with Gasteiger partial charge in [-0.05, 0) is 44.8 Å². The Morgan fingerprint density at radius 1 is 1.29 bits per heavy atom. The van der Waals surface area contributed by atoms with Crippen molar-refractivity contribution in [3.63, 3.8) is 0 Å². The van der Waals surface area contributed by atoms with Crippen molar-refractivity contribution in [2.75, 3.05) is 32.6 Å². The first-order chi connectivity index (χ1) is 11.5. The molecule has 0 aliphatic heterocycles. The first-order valence-corrected chi connectivity index (χ1v) is 8.18. The number of carbonyl (C=O) groups excluding carboxylic acids is 1. The van der Waals surface area contributed by atoms with Crippen molar-refractivity contribution in [2.45, 2.75) is 13.0 Å². The van der Waals surface area contributed by atoms with Gasteiger partial charge < -0.3 is 15.0 Å². The summed E-state index contributed by atoms with van der Waals surface area (Å²) in [6.45, 7) is 2.76. The fourth-order valence-electron chi connectivity index (χ4n) is 2.35. The summed E-state index contributed by atoms with van der Waals surface area (Å²) in [5, 5.41) is 4.03. The summed E-state index contributed by atoms with van der Waals surface area (Å²) < 4.78 is 4.95. The van der Waals surface area contributed by atoms with Crippen LogP contribution < -0.4 is 5.32 Å². The van der Waals surface area contributed by atoms with Crippen LogP contribution in [0, 0.1) is 0 Å². The third kappa shape index (κ3) is 4.69. The molecule has 2 aromatic rings. The molecule has 1 atom stereocenters. The van der Waals surface area contributed by atoms with Crippen LogP contribution >= 0.6 is 11.6 Å². The van der Waals surface area contributed by atoms with Crippen LogP contribution in [0.3, 0.4) is 0 Å². The molecule has 0 bridgehead atoms. The molecule has 6 heteroatoms. The largest absolute Gasteiger partial charge is 0.462 e. The fraction of sp³-hybridized carbons (Fsp3) is 0.333. The predicted octanol–water partition coefficient (Wildman–Crippen LogP) is 3.63. The van der Waals surface area contributed by atoms with E-state index in [-0.39, 0.29) is 12.0 Å². The van der Waals surface area contributed by atoms with Crippen LogP contribution in [0.5, 0.6) is 0 Å². The number of pyridine rings is 1. The SMILES string of the molecule is CCOC(=O)c1ccc(NC[C@@H](c2ccccc2Cl)N(C)C)nc1. The molecule has 0 spiro atoms. The fourth-order valence-corrected chi connectivity index (χ4v) is 2.61. The van der Waals surface area contributed by atoms with Crippen molar-refractivity contribution < 1.29 is 9.53 Å². The molecule has 5 nitrogen and oxygen atoms in total. The second kappa shape index (κ2) is 8.66. The lowest BCUT2D eigenvalue weighted by Crippen LogP contribution is -2.27. The Morgan fingerprint density at radius 3 is 2.62 bits per heavy atom. The van der Waals surface area contributed by atoms with Crippen LogP contribution in [-0.4, -0.2) is 43.1 Å². The topological polar surface area (TPSA) is 54.5 Å². The summed E-state index contributed by atoms with van der Waals surface area (Å²) in [5.74, 6) is 0.334. The molecule has 0 aliphatic rings. The lowest BCUT2D eigenvalue weighted by atomic mass is 10.1. The molecule has 0 amide bonds. The monoisotopic (exact) mass is 347 g/mol. The minimum Gasteiger partial charge on any atom is -0.462 e. The molecule has 1 aromatic carbocycles. The number of nitrogens with zero attached hydrogens (tertiary/aromatic N) is 2. The molecule has 1 heterocycles. The van der Waals surface area contributed by atoms with Gasteiger partial charge in [-0.2, -0.15) is 0 Å². The maximum atomic E-state index is 11.6. The molecule has 0 saturated carbocycles. The minimum atomic E-state index is -0.362. The average Bonchev–Trinajstić information content (AvgIpc) is 2.57. The highest BCUT2D eigenvalue weighted by Crippen LogP contribution is 2.26. The highest BCUT2D eigenvalue weighted by molar-refractivity contribution is 6.31. The van der Waals surface area contributed by atoms with Crippen molar-refractivity contribution >= 4 is 23.4 Å². The Morgan fingerprint density at radius 2 is 2.04 bits per heavy atom. The molecule has 24 heavy (non-hydrogen) atoms. The third-order valence-electron chi connectivity index (χ3n) is 3.64. The van der Waals surface area contributed by atoms with Gasteiger partial charge in [0.2, 0.25) is 0 Å². The van der Waals surface area contributed by atoms with E-state index in [0.717, 1.165) is 10.6 Å². The lowest BCUT2D eigenvalue weighted by Gasteiger charge is -2.26. The Labute approximate surface area is 147 Å². The van der Waals surface area contributed by atoms with Crippen molar-refractivity contribution in [1.82, 2.24) is 9.88 Å². The van der Waals surface area contributed by atoms with Gasteiger partial charge in [0.15, 0.2) is 0 Å². The normalized spacial score (nSPS) is 12.0. The summed E-state index contributed by atoms with van der Waals surface area (Å²) >= 11 is 6.31. The Hall–Kier alpha value is -2.11. The highest BCUT2D eigenvalue weighted by Gasteiger charge is 2.17.